The number of esters is 1. The van der Waals surface area contributed by atoms with Crippen molar-refractivity contribution in [3.63, 3.8) is 0 Å². The van der Waals surface area contributed by atoms with Gasteiger partial charge in [-0.25, -0.2) is 0 Å². The molecule has 4 rings (SSSR count). The van der Waals surface area contributed by atoms with E-state index in [4.69, 9.17) is 14.2 Å². The summed E-state index contributed by atoms with van der Waals surface area (Å²) >= 11 is 0. The summed E-state index contributed by atoms with van der Waals surface area (Å²) in [5.41, 5.74) is -3.09. The number of carbonyl (C=O) groups excluding carboxylic acids is 2. The van der Waals surface area contributed by atoms with Gasteiger partial charge in [0.05, 0.1) is 25.0 Å². The van der Waals surface area contributed by atoms with Crippen molar-refractivity contribution in [2.24, 2.45) is 5.41 Å². The lowest BCUT2D eigenvalue weighted by atomic mass is 9.64. The van der Waals surface area contributed by atoms with Gasteiger partial charge in [0.15, 0.2) is 0 Å². The average Bonchev–Trinajstić information content (AvgIpc) is 3.02. The standard InChI is InChI=1S/C34H35F3N2O5/c1-3-43-30(40)22-32(28(23-38)27-16-10-11-17-29(27)44-24-25-12-6-4-7-13-25)18-20-39(21-19-32)31(41)33(42-2,34(35,36)37)26-14-8-5-9-15-26/h4-17,28H,3,18-22,24H2,1-2H3/t28?,33-/m1/s1. The lowest BCUT2D eigenvalue weighted by Gasteiger charge is -2.46. The molecule has 0 spiro atoms. The van der Waals surface area contributed by atoms with Crippen molar-refractivity contribution in [1.29, 1.82) is 5.26 Å². The summed E-state index contributed by atoms with van der Waals surface area (Å²) in [4.78, 5) is 27.7. The molecule has 232 valence electrons. The first-order valence-corrected chi connectivity index (χ1v) is 14.4. The third-order valence-corrected chi connectivity index (χ3v) is 8.24. The molecular formula is C34H35F3N2O5. The molecule has 0 bridgehead atoms. The van der Waals surface area contributed by atoms with Crippen LogP contribution in [0.5, 0.6) is 5.75 Å². The SMILES string of the molecule is CCOC(=O)CC1(C(C#N)c2ccccc2OCc2ccccc2)CCN(C(=O)[C@](OC)(c2ccccc2)C(F)(F)F)CC1. The Bertz CT molecular complexity index is 1450. The van der Waals surface area contributed by atoms with Gasteiger partial charge in [0.2, 0.25) is 0 Å². The highest BCUT2D eigenvalue weighted by Gasteiger charge is 2.64. The summed E-state index contributed by atoms with van der Waals surface area (Å²) in [6.45, 7) is 1.80. The first-order valence-electron chi connectivity index (χ1n) is 14.4. The molecular weight excluding hydrogens is 573 g/mol. The van der Waals surface area contributed by atoms with Crippen molar-refractivity contribution in [2.75, 3.05) is 26.8 Å². The molecule has 0 N–H and O–H groups in total. The summed E-state index contributed by atoms with van der Waals surface area (Å²) < 4.78 is 60.3. The summed E-state index contributed by atoms with van der Waals surface area (Å²) in [7, 11) is 0.867. The van der Waals surface area contributed by atoms with Crippen LogP contribution in [-0.4, -0.2) is 49.8 Å². The van der Waals surface area contributed by atoms with E-state index in [1.165, 1.54) is 24.3 Å². The fourth-order valence-corrected chi connectivity index (χ4v) is 5.97. The zero-order valence-corrected chi connectivity index (χ0v) is 24.7. The molecule has 44 heavy (non-hydrogen) atoms. The van der Waals surface area contributed by atoms with Gasteiger partial charge in [0, 0.05) is 36.7 Å². The van der Waals surface area contributed by atoms with Crippen LogP contribution in [0.2, 0.25) is 0 Å². The second-order valence-corrected chi connectivity index (χ2v) is 10.8. The van der Waals surface area contributed by atoms with Crippen molar-refractivity contribution in [3.8, 4) is 11.8 Å². The average molecular weight is 609 g/mol. The zero-order valence-electron chi connectivity index (χ0n) is 24.7. The monoisotopic (exact) mass is 608 g/mol. The number of rotatable bonds is 11. The quantitative estimate of drug-likeness (QED) is 0.230. The highest BCUT2D eigenvalue weighted by Crippen LogP contribution is 2.51. The van der Waals surface area contributed by atoms with Crippen LogP contribution in [-0.2, 0) is 31.3 Å². The van der Waals surface area contributed by atoms with E-state index in [1.807, 2.05) is 30.3 Å². The normalized spacial score (nSPS) is 16.7. The van der Waals surface area contributed by atoms with E-state index >= 15 is 0 Å². The number of alkyl halides is 3. The number of para-hydroxylation sites is 1. The molecule has 1 aliphatic heterocycles. The molecule has 3 aromatic rings. The van der Waals surface area contributed by atoms with Gasteiger partial charge in [-0.15, -0.1) is 0 Å². The van der Waals surface area contributed by atoms with E-state index in [-0.39, 0.29) is 51.1 Å². The molecule has 1 unspecified atom stereocenters. The number of carbonyl (C=O) groups is 2. The lowest BCUT2D eigenvalue weighted by molar-refractivity contribution is -0.271. The van der Waals surface area contributed by atoms with Gasteiger partial charge in [-0.05, 0) is 31.4 Å². The fraction of sp³-hybridized carbons (Fsp3) is 0.382. The summed E-state index contributed by atoms with van der Waals surface area (Å²) in [5.74, 6) is -2.19. The first-order chi connectivity index (χ1) is 21.1. The number of amides is 1. The molecule has 1 fully saturated rings. The van der Waals surface area contributed by atoms with Crippen LogP contribution < -0.4 is 4.74 Å². The molecule has 0 saturated carbocycles. The third-order valence-electron chi connectivity index (χ3n) is 8.24. The molecule has 1 saturated heterocycles. The smallest absolute Gasteiger partial charge is 0.430 e. The van der Waals surface area contributed by atoms with Gasteiger partial charge >= 0.3 is 12.1 Å². The topological polar surface area (TPSA) is 88.9 Å². The second kappa shape index (κ2) is 14.0. The van der Waals surface area contributed by atoms with Crippen molar-refractivity contribution in [2.45, 2.75) is 50.5 Å². The number of benzene rings is 3. The fourth-order valence-electron chi connectivity index (χ4n) is 5.97. The second-order valence-electron chi connectivity index (χ2n) is 10.8. The molecule has 0 radical (unpaired) electrons. The first kappa shape index (κ1) is 32.6. The lowest BCUT2D eigenvalue weighted by Crippen LogP contribution is -2.59. The van der Waals surface area contributed by atoms with Crippen molar-refractivity contribution in [3.05, 3.63) is 102 Å². The number of methoxy groups -OCH3 is 1. The Morgan fingerprint density at radius 3 is 2.11 bits per heavy atom. The van der Waals surface area contributed by atoms with Crippen molar-refractivity contribution < 1.29 is 37.0 Å². The van der Waals surface area contributed by atoms with Crippen LogP contribution in [0.3, 0.4) is 0 Å². The Morgan fingerprint density at radius 2 is 1.55 bits per heavy atom. The largest absolute Gasteiger partial charge is 0.489 e. The minimum Gasteiger partial charge on any atom is -0.489 e. The maximum absolute atomic E-state index is 14.6. The molecule has 0 aromatic heterocycles. The van der Waals surface area contributed by atoms with Crippen LogP contribution in [0, 0.1) is 16.7 Å². The Balaban J connectivity index is 1.66. The minimum absolute atomic E-state index is 0.0786. The predicted molar refractivity (Wildman–Crippen MR) is 156 cm³/mol. The molecule has 3 aromatic carbocycles. The van der Waals surface area contributed by atoms with Gasteiger partial charge in [-0.2, -0.15) is 18.4 Å². The minimum atomic E-state index is -5.05. The van der Waals surface area contributed by atoms with Gasteiger partial charge in [0.1, 0.15) is 12.4 Å². The molecule has 1 heterocycles. The van der Waals surface area contributed by atoms with Gasteiger partial charge in [-0.3, -0.25) is 9.59 Å². The predicted octanol–water partition coefficient (Wildman–Crippen LogP) is 6.54. The number of hydrogen-bond donors (Lipinski definition) is 0. The van der Waals surface area contributed by atoms with E-state index in [2.05, 4.69) is 6.07 Å². The summed E-state index contributed by atoms with van der Waals surface area (Å²) in [6, 6.07) is 25.7. The van der Waals surface area contributed by atoms with Gasteiger partial charge in [-0.1, -0.05) is 78.9 Å². The number of halogens is 3. The van der Waals surface area contributed by atoms with Crippen LogP contribution in [0.1, 0.15) is 48.8 Å². The third kappa shape index (κ3) is 6.58. The van der Waals surface area contributed by atoms with Gasteiger partial charge in [0.25, 0.3) is 11.5 Å². The van der Waals surface area contributed by atoms with E-state index < -0.39 is 35.0 Å². The van der Waals surface area contributed by atoms with E-state index in [0.717, 1.165) is 17.6 Å². The van der Waals surface area contributed by atoms with E-state index in [9.17, 15) is 28.0 Å². The summed E-state index contributed by atoms with van der Waals surface area (Å²) in [5, 5.41) is 10.5. The molecule has 1 amide bonds. The summed E-state index contributed by atoms with van der Waals surface area (Å²) in [6.07, 6.45) is -5.05. The zero-order chi connectivity index (χ0) is 31.8. The number of ether oxygens (including phenoxy) is 3. The van der Waals surface area contributed by atoms with Crippen LogP contribution in [0.15, 0.2) is 84.9 Å². The molecule has 1 aliphatic rings. The molecule has 0 aliphatic carbocycles. The Kier molecular flexibility index (Phi) is 10.3. The molecule has 2 atom stereocenters. The van der Waals surface area contributed by atoms with Crippen LogP contribution in [0.25, 0.3) is 0 Å². The van der Waals surface area contributed by atoms with E-state index in [0.29, 0.717) is 11.3 Å². The number of likely N-dealkylation sites (tertiary alicyclic amines) is 1. The Morgan fingerprint density at radius 1 is 0.955 bits per heavy atom. The number of hydrogen-bond acceptors (Lipinski definition) is 6. The molecule has 7 nitrogen and oxygen atoms in total. The van der Waals surface area contributed by atoms with Crippen LogP contribution >= 0.6 is 0 Å². The highest BCUT2D eigenvalue weighted by atomic mass is 19.4. The Hall–Kier alpha value is -4.36. The molecule has 10 heteroatoms. The van der Waals surface area contributed by atoms with Crippen molar-refractivity contribution in [1.82, 2.24) is 4.90 Å². The van der Waals surface area contributed by atoms with Gasteiger partial charge < -0.3 is 19.1 Å². The van der Waals surface area contributed by atoms with E-state index in [1.54, 1.807) is 37.3 Å². The number of nitriles is 1. The highest BCUT2D eigenvalue weighted by molar-refractivity contribution is 5.88. The maximum Gasteiger partial charge on any atom is 0.430 e. The maximum atomic E-state index is 14.6. The van der Waals surface area contributed by atoms with Crippen molar-refractivity contribution >= 4 is 11.9 Å². The Labute approximate surface area is 255 Å². The number of piperidine rings is 1. The van der Waals surface area contributed by atoms with Crippen LogP contribution in [0.4, 0.5) is 13.2 Å². The number of nitrogens with zero attached hydrogens (tertiary/aromatic N) is 2.